The number of hydrogen-bond acceptors (Lipinski definition) is 3. The molecule has 3 aromatic rings. The molecular weight excluding hydrogens is 376 g/mol. The van der Waals surface area contributed by atoms with Gasteiger partial charge in [0.1, 0.15) is 5.75 Å². The second-order valence-corrected chi connectivity index (χ2v) is 7.36. The van der Waals surface area contributed by atoms with E-state index in [2.05, 4.69) is 10.6 Å². The number of anilines is 2. The SMILES string of the molecule is Cc1ccc(OC(C)C(=O)Nc2ccccc2C(=O)Nc2ccc(C)c(C)c2)cc1. The lowest BCUT2D eigenvalue weighted by Gasteiger charge is -2.17. The molecular formula is C25H26N2O3. The normalized spacial score (nSPS) is 11.5. The van der Waals surface area contributed by atoms with Crippen molar-refractivity contribution in [3.63, 3.8) is 0 Å². The minimum absolute atomic E-state index is 0.291. The average molecular weight is 402 g/mol. The number of carbonyl (C=O) groups is 2. The van der Waals surface area contributed by atoms with Crippen molar-refractivity contribution in [2.45, 2.75) is 33.8 Å². The van der Waals surface area contributed by atoms with Gasteiger partial charge >= 0.3 is 0 Å². The predicted molar refractivity (Wildman–Crippen MR) is 120 cm³/mol. The van der Waals surface area contributed by atoms with Crippen LogP contribution in [0.15, 0.2) is 66.7 Å². The minimum atomic E-state index is -0.719. The van der Waals surface area contributed by atoms with E-state index in [0.29, 0.717) is 22.7 Å². The summed E-state index contributed by atoms with van der Waals surface area (Å²) in [7, 11) is 0. The lowest BCUT2D eigenvalue weighted by molar-refractivity contribution is -0.122. The molecule has 0 aromatic heterocycles. The maximum absolute atomic E-state index is 12.8. The van der Waals surface area contributed by atoms with E-state index in [0.717, 1.165) is 16.7 Å². The molecule has 0 radical (unpaired) electrons. The first-order valence-electron chi connectivity index (χ1n) is 9.85. The molecule has 0 aliphatic rings. The Labute approximate surface area is 177 Å². The number of hydrogen-bond donors (Lipinski definition) is 2. The summed E-state index contributed by atoms with van der Waals surface area (Å²) in [5, 5.41) is 5.70. The van der Waals surface area contributed by atoms with E-state index >= 15 is 0 Å². The summed E-state index contributed by atoms with van der Waals surface area (Å²) in [5.41, 5.74) is 4.89. The van der Waals surface area contributed by atoms with Gasteiger partial charge in [0.25, 0.3) is 11.8 Å². The first-order chi connectivity index (χ1) is 14.3. The third-order valence-corrected chi connectivity index (χ3v) is 4.90. The third kappa shape index (κ3) is 5.26. The minimum Gasteiger partial charge on any atom is -0.481 e. The van der Waals surface area contributed by atoms with E-state index in [9.17, 15) is 9.59 Å². The summed E-state index contributed by atoms with van der Waals surface area (Å²) in [5.74, 6) is -0.00714. The van der Waals surface area contributed by atoms with Crippen molar-refractivity contribution < 1.29 is 14.3 Å². The molecule has 5 nitrogen and oxygen atoms in total. The zero-order chi connectivity index (χ0) is 21.7. The predicted octanol–water partition coefficient (Wildman–Crippen LogP) is 5.27. The van der Waals surface area contributed by atoms with Crippen molar-refractivity contribution in [3.05, 3.63) is 89.0 Å². The van der Waals surface area contributed by atoms with E-state index in [4.69, 9.17) is 4.74 Å². The van der Waals surface area contributed by atoms with Gasteiger partial charge < -0.3 is 15.4 Å². The van der Waals surface area contributed by atoms with Gasteiger partial charge in [-0.25, -0.2) is 0 Å². The first kappa shape index (κ1) is 21.1. The Morgan fingerprint density at radius 1 is 0.833 bits per heavy atom. The molecule has 0 aliphatic carbocycles. The van der Waals surface area contributed by atoms with Gasteiger partial charge in [0.15, 0.2) is 6.10 Å². The standard InChI is InChI=1S/C25H26N2O3/c1-16-9-13-21(14-10-16)30-19(4)24(28)27-23-8-6-5-7-22(23)25(29)26-20-12-11-17(2)18(3)15-20/h5-15,19H,1-4H3,(H,26,29)(H,27,28). The van der Waals surface area contributed by atoms with Crippen molar-refractivity contribution in [1.82, 2.24) is 0 Å². The molecule has 0 saturated heterocycles. The molecule has 1 unspecified atom stereocenters. The molecule has 2 N–H and O–H groups in total. The molecule has 0 aliphatic heterocycles. The molecule has 5 heteroatoms. The van der Waals surface area contributed by atoms with E-state index in [1.54, 1.807) is 31.2 Å². The summed E-state index contributed by atoms with van der Waals surface area (Å²) >= 11 is 0. The van der Waals surface area contributed by atoms with Gasteiger partial charge in [0.05, 0.1) is 11.3 Å². The molecule has 0 spiro atoms. The Morgan fingerprint density at radius 2 is 1.53 bits per heavy atom. The highest BCUT2D eigenvalue weighted by atomic mass is 16.5. The van der Waals surface area contributed by atoms with Crippen LogP contribution in [0.5, 0.6) is 5.75 Å². The Bertz CT molecular complexity index is 1060. The van der Waals surface area contributed by atoms with Gasteiger partial charge in [-0.15, -0.1) is 0 Å². The summed E-state index contributed by atoms with van der Waals surface area (Å²) < 4.78 is 5.71. The average Bonchev–Trinajstić information content (AvgIpc) is 2.72. The van der Waals surface area contributed by atoms with Crippen LogP contribution in [0.25, 0.3) is 0 Å². The molecule has 3 aromatic carbocycles. The van der Waals surface area contributed by atoms with Gasteiger partial charge in [-0.05, 0) is 75.2 Å². The lowest BCUT2D eigenvalue weighted by atomic mass is 10.1. The van der Waals surface area contributed by atoms with Gasteiger partial charge in [-0.1, -0.05) is 35.9 Å². The van der Waals surface area contributed by atoms with Crippen LogP contribution in [0.4, 0.5) is 11.4 Å². The quantitative estimate of drug-likeness (QED) is 0.590. The zero-order valence-corrected chi connectivity index (χ0v) is 17.7. The number of para-hydroxylation sites is 1. The number of nitrogens with one attached hydrogen (secondary N) is 2. The van der Waals surface area contributed by atoms with E-state index in [-0.39, 0.29) is 11.8 Å². The van der Waals surface area contributed by atoms with Crippen molar-refractivity contribution in [2.24, 2.45) is 0 Å². The smallest absolute Gasteiger partial charge is 0.265 e. The third-order valence-electron chi connectivity index (χ3n) is 4.90. The largest absolute Gasteiger partial charge is 0.481 e. The number of carbonyl (C=O) groups excluding carboxylic acids is 2. The topological polar surface area (TPSA) is 67.4 Å². The van der Waals surface area contributed by atoms with Gasteiger partial charge in [-0.3, -0.25) is 9.59 Å². The maximum Gasteiger partial charge on any atom is 0.265 e. The molecule has 0 heterocycles. The number of amides is 2. The van der Waals surface area contributed by atoms with Crippen LogP contribution < -0.4 is 15.4 Å². The highest BCUT2D eigenvalue weighted by molar-refractivity contribution is 6.10. The summed E-state index contributed by atoms with van der Waals surface area (Å²) in [6.07, 6.45) is -0.719. The Hall–Kier alpha value is -3.60. The zero-order valence-electron chi connectivity index (χ0n) is 17.7. The molecule has 0 bridgehead atoms. The maximum atomic E-state index is 12.8. The molecule has 1 atom stereocenters. The fourth-order valence-electron chi connectivity index (χ4n) is 2.92. The van der Waals surface area contributed by atoms with Crippen molar-refractivity contribution in [2.75, 3.05) is 10.6 Å². The van der Waals surface area contributed by atoms with Crippen LogP contribution in [0.3, 0.4) is 0 Å². The first-order valence-corrected chi connectivity index (χ1v) is 9.85. The second-order valence-electron chi connectivity index (χ2n) is 7.36. The van der Waals surface area contributed by atoms with E-state index in [1.807, 2.05) is 63.2 Å². The number of rotatable bonds is 6. The Morgan fingerprint density at radius 3 is 2.23 bits per heavy atom. The summed E-state index contributed by atoms with van der Waals surface area (Å²) in [4.78, 5) is 25.4. The van der Waals surface area contributed by atoms with Crippen LogP contribution >= 0.6 is 0 Å². The summed E-state index contributed by atoms with van der Waals surface area (Å²) in [6, 6.07) is 20.1. The van der Waals surface area contributed by atoms with E-state index < -0.39 is 6.10 Å². The molecule has 2 amide bonds. The van der Waals surface area contributed by atoms with Gasteiger partial charge in [0, 0.05) is 5.69 Å². The van der Waals surface area contributed by atoms with E-state index in [1.165, 1.54) is 0 Å². The molecule has 3 rings (SSSR count). The van der Waals surface area contributed by atoms with Crippen molar-refractivity contribution in [3.8, 4) is 5.75 Å². The van der Waals surface area contributed by atoms with Gasteiger partial charge in [-0.2, -0.15) is 0 Å². The number of benzene rings is 3. The van der Waals surface area contributed by atoms with Crippen LogP contribution in [0.2, 0.25) is 0 Å². The summed E-state index contributed by atoms with van der Waals surface area (Å²) in [6.45, 7) is 7.67. The number of aryl methyl sites for hydroxylation is 3. The van der Waals surface area contributed by atoms with Crippen LogP contribution in [-0.2, 0) is 4.79 Å². The molecule has 30 heavy (non-hydrogen) atoms. The Balaban J connectivity index is 1.70. The lowest BCUT2D eigenvalue weighted by Crippen LogP contribution is -2.31. The van der Waals surface area contributed by atoms with Crippen molar-refractivity contribution in [1.29, 1.82) is 0 Å². The fourth-order valence-corrected chi connectivity index (χ4v) is 2.92. The monoisotopic (exact) mass is 402 g/mol. The Kier molecular flexibility index (Phi) is 6.52. The fraction of sp³-hybridized carbons (Fsp3) is 0.200. The van der Waals surface area contributed by atoms with Gasteiger partial charge in [0.2, 0.25) is 0 Å². The molecule has 0 fully saturated rings. The number of ether oxygens (including phenoxy) is 1. The van der Waals surface area contributed by atoms with Crippen molar-refractivity contribution >= 4 is 23.2 Å². The van der Waals surface area contributed by atoms with Crippen LogP contribution in [-0.4, -0.2) is 17.9 Å². The highest BCUT2D eigenvalue weighted by Gasteiger charge is 2.18. The van der Waals surface area contributed by atoms with Crippen LogP contribution in [0.1, 0.15) is 34.0 Å². The second kappa shape index (κ2) is 9.27. The molecule has 0 saturated carbocycles. The van der Waals surface area contributed by atoms with Crippen LogP contribution in [0, 0.1) is 20.8 Å². The highest BCUT2D eigenvalue weighted by Crippen LogP contribution is 2.20. The molecule has 154 valence electrons.